The molecule has 0 spiro atoms. The number of nitro groups is 1. The van der Waals surface area contributed by atoms with Gasteiger partial charge in [0, 0.05) is 18.7 Å². The van der Waals surface area contributed by atoms with Crippen LogP contribution in [0.1, 0.15) is 19.8 Å². The molecule has 0 unspecified atom stereocenters. The molecular formula is C10H11N3O2. The first-order chi connectivity index (χ1) is 7.10. The third kappa shape index (κ3) is 2.23. The molecule has 2 N–H and O–H groups in total. The third-order valence-corrected chi connectivity index (χ3v) is 2.34. The van der Waals surface area contributed by atoms with Crippen LogP contribution in [0, 0.1) is 21.4 Å². The van der Waals surface area contributed by atoms with Crippen LogP contribution in [0.15, 0.2) is 34.7 Å². The number of nitrogens with two attached hydrogens (primary N) is 1. The second-order valence-electron chi connectivity index (χ2n) is 3.25. The van der Waals surface area contributed by atoms with E-state index in [-0.39, 0.29) is 5.70 Å². The van der Waals surface area contributed by atoms with Crippen LogP contribution in [0.3, 0.4) is 0 Å². The van der Waals surface area contributed by atoms with Gasteiger partial charge in [-0.15, -0.1) is 0 Å². The fourth-order valence-corrected chi connectivity index (χ4v) is 1.56. The van der Waals surface area contributed by atoms with Gasteiger partial charge in [-0.05, 0) is 24.5 Å². The number of hydrogen-bond donors (Lipinski definition) is 1. The molecule has 5 heteroatoms. The number of nitrogens with zero attached hydrogens (tertiary/aromatic N) is 2. The molecule has 0 radical (unpaired) electrons. The molecule has 78 valence electrons. The zero-order valence-corrected chi connectivity index (χ0v) is 8.36. The van der Waals surface area contributed by atoms with Crippen LogP contribution < -0.4 is 5.73 Å². The van der Waals surface area contributed by atoms with Gasteiger partial charge >= 0.3 is 0 Å². The van der Waals surface area contributed by atoms with Gasteiger partial charge < -0.3 is 5.73 Å². The average molecular weight is 205 g/mol. The second kappa shape index (κ2) is 4.42. The lowest BCUT2D eigenvalue weighted by atomic mass is 9.92. The Bertz CT molecular complexity index is 424. The molecule has 0 saturated carbocycles. The van der Waals surface area contributed by atoms with E-state index in [1.807, 2.05) is 6.07 Å². The van der Waals surface area contributed by atoms with Gasteiger partial charge in [-0.2, -0.15) is 5.26 Å². The van der Waals surface area contributed by atoms with E-state index in [2.05, 4.69) is 0 Å². The number of nitriles is 1. The molecule has 1 rings (SSSR count). The van der Waals surface area contributed by atoms with Gasteiger partial charge in [-0.1, -0.05) is 0 Å². The van der Waals surface area contributed by atoms with E-state index in [4.69, 9.17) is 11.0 Å². The molecule has 0 aliphatic heterocycles. The van der Waals surface area contributed by atoms with Crippen molar-refractivity contribution in [2.75, 3.05) is 0 Å². The summed E-state index contributed by atoms with van der Waals surface area (Å²) in [6.45, 7) is 1.75. The van der Waals surface area contributed by atoms with Crippen LogP contribution in [0.4, 0.5) is 0 Å². The molecule has 0 atom stereocenters. The lowest BCUT2D eigenvalue weighted by Crippen LogP contribution is -2.06. The zero-order valence-electron chi connectivity index (χ0n) is 8.36. The van der Waals surface area contributed by atoms with Crippen molar-refractivity contribution in [3.8, 4) is 6.07 Å². The summed E-state index contributed by atoms with van der Waals surface area (Å²) in [7, 11) is 0. The maximum Gasteiger partial charge on any atom is 0.246 e. The van der Waals surface area contributed by atoms with E-state index in [0.29, 0.717) is 18.4 Å². The summed E-state index contributed by atoms with van der Waals surface area (Å²) in [5, 5.41) is 19.3. The zero-order chi connectivity index (χ0) is 11.4. The van der Waals surface area contributed by atoms with Crippen molar-refractivity contribution in [2.45, 2.75) is 19.8 Å². The minimum atomic E-state index is -0.390. The van der Waals surface area contributed by atoms with Crippen LogP contribution in [-0.4, -0.2) is 4.92 Å². The Morgan fingerprint density at radius 3 is 2.80 bits per heavy atom. The average Bonchev–Trinajstić information content (AvgIpc) is 2.21. The summed E-state index contributed by atoms with van der Waals surface area (Å²) in [5.41, 5.74) is 7.42. The normalized spacial score (nSPS) is 17.1. The molecule has 0 fully saturated rings. The molecule has 1 aliphatic carbocycles. The first-order valence-corrected chi connectivity index (χ1v) is 4.47. The quantitative estimate of drug-likeness (QED) is 0.421. The van der Waals surface area contributed by atoms with Crippen LogP contribution in [-0.2, 0) is 0 Å². The van der Waals surface area contributed by atoms with Crippen molar-refractivity contribution < 1.29 is 4.92 Å². The molecule has 0 amide bonds. The van der Waals surface area contributed by atoms with Gasteiger partial charge in [0.05, 0.1) is 10.5 Å². The van der Waals surface area contributed by atoms with E-state index >= 15 is 0 Å². The molecule has 0 aromatic carbocycles. The molecule has 1 aliphatic rings. The third-order valence-electron chi connectivity index (χ3n) is 2.34. The monoisotopic (exact) mass is 205 g/mol. The Labute approximate surface area is 87.3 Å². The maximum atomic E-state index is 10.5. The Kier molecular flexibility index (Phi) is 3.24. The van der Waals surface area contributed by atoms with Crippen molar-refractivity contribution in [1.82, 2.24) is 0 Å². The fraction of sp³-hybridized carbons (Fsp3) is 0.300. The van der Waals surface area contributed by atoms with Gasteiger partial charge in [-0.25, -0.2) is 0 Å². The molecule has 0 aromatic heterocycles. The summed E-state index contributed by atoms with van der Waals surface area (Å²) >= 11 is 0. The Hall–Kier alpha value is -2.09. The fourth-order valence-electron chi connectivity index (χ4n) is 1.56. The summed E-state index contributed by atoms with van der Waals surface area (Å²) < 4.78 is 0. The lowest BCUT2D eigenvalue weighted by molar-refractivity contribution is -0.428. The van der Waals surface area contributed by atoms with Gasteiger partial charge in [0.2, 0.25) is 5.70 Å². The van der Waals surface area contributed by atoms with Crippen molar-refractivity contribution >= 4 is 0 Å². The minimum absolute atomic E-state index is 0.186. The topological polar surface area (TPSA) is 93.0 Å². The SMILES string of the molecule is CC1=C(/C(C#N)=C\N)CCC([N+](=O)[O-])=C1. The van der Waals surface area contributed by atoms with Crippen LogP contribution in [0.5, 0.6) is 0 Å². The molecular weight excluding hydrogens is 194 g/mol. The first-order valence-electron chi connectivity index (χ1n) is 4.47. The van der Waals surface area contributed by atoms with Crippen LogP contribution >= 0.6 is 0 Å². The molecule has 0 saturated heterocycles. The molecule has 15 heavy (non-hydrogen) atoms. The number of rotatable bonds is 2. The summed E-state index contributed by atoms with van der Waals surface area (Å²) in [6.07, 6.45) is 3.58. The highest BCUT2D eigenvalue weighted by molar-refractivity contribution is 5.48. The van der Waals surface area contributed by atoms with Crippen molar-refractivity contribution in [3.63, 3.8) is 0 Å². The van der Waals surface area contributed by atoms with Gasteiger partial charge in [0.15, 0.2) is 0 Å². The second-order valence-corrected chi connectivity index (χ2v) is 3.25. The van der Waals surface area contributed by atoms with E-state index in [9.17, 15) is 10.1 Å². The predicted molar refractivity (Wildman–Crippen MR) is 54.9 cm³/mol. The number of allylic oxidation sites excluding steroid dienone is 5. The minimum Gasteiger partial charge on any atom is -0.404 e. The standard InChI is InChI=1S/C10H11N3O2/c1-7-4-9(13(14)15)2-3-10(7)8(5-11)6-12/h4-5H,2-3,11H2,1H3/b8-5-. The van der Waals surface area contributed by atoms with Crippen molar-refractivity contribution in [1.29, 1.82) is 5.26 Å². The first kappa shape index (κ1) is 11.0. The summed E-state index contributed by atoms with van der Waals surface area (Å²) in [6, 6.07) is 1.98. The molecule has 0 aromatic rings. The number of hydrogen-bond acceptors (Lipinski definition) is 4. The van der Waals surface area contributed by atoms with Crippen LogP contribution in [0.2, 0.25) is 0 Å². The van der Waals surface area contributed by atoms with Gasteiger partial charge in [0.1, 0.15) is 6.07 Å². The van der Waals surface area contributed by atoms with Crippen LogP contribution in [0.25, 0.3) is 0 Å². The highest BCUT2D eigenvalue weighted by Crippen LogP contribution is 2.28. The maximum absolute atomic E-state index is 10.5. The van der Waals surface area contributed by atoms with E-state index in [1.165, 1.54) is 12.3 Å². The molecule has 0 bridgehead atoms. The molecule has 5 nitrogen and oxygen atoms in total. The predicted octanol–water partition coefficient (Wildman–Crippen LogP) is 1.62. The van der Waals surface area contributed by atoms with Crippen molar-refractivity contribution in [3.05, 3.63) is 44.8 Å². The highest BCUT2D eigenvalue weighted by atomic mass is 16.6. The van der Waals surface area contributed by atoms with E-state index in [0.717, 1.165) is 11.1 Å². The smallest absolute Gasteiger partial charge is 0.246 e. The Morgan fingerprint density at radius 2 is 2.40 bits per heavy atom. The molecule has 0 heterocycles. The summed E-state index contributed by atoms with van der Waals surface area (Å²) in [5.74, 6) is 0. The van der Waals surface area contributed by atoms with Gasteiger partial charge in [0.25, 0.3) is 0 Å². The Balaban J connectivity index is 3.10. The van der Waals surface area contributed by atoms with Gasteiger partial charge in [-0.3, -0.25) is 10.1 Å². The lowest BCUT2D eigenvalue weighted by Gasteiger charge is -2.12. The Morgan fingerprint density at radius 1 is 1.73 bits per heavy atom. The highest BCUT2D eigenvalue weighted by Gasteiger charge is 2.20. The van der Waals surface area contributed by atoms with Crippen molar-refractivity contribution in [2.24, 2.45) is 5.73 Å². The summed E-state index contributed by atoms with van der Waals surface area (Å²) in [4.78, 5) is 10.1. The van der Waals surface area contributed by atoms with E-state index < -0.39 is 4.92 Å². The van der Waals surface area contributed by atoms with E-state index in [1.54, 1.807) is 6.92 Å². The largest absolute Gasteiger partial charge is 0.404 e.